The van der Waals surface area contributed by atoms with Gasteiger partial charge >= 0.3 is 5.69 Å². The summed E-state index contributed by atoms with van der Waals surface area (Å²) in [7, 11) is 0. The van der Waals surface area contributed by atoms with Gasteiger partial charge in [-0.3, -0.25) is 4.98 Å². The summed E-state index contributed by atoms with van der Waals surface area (Å²) in [5, 5.41) is 16.4. The van der Waals surface area contributed by atoms with E-state index >= 15 is 0 Å². The zero-order valence-electron chi connectivity index (χ0n) is 17.0. The van der Waals surface area contributed by atoms with Gasteiger partial charge in [0.2, 0.25) is 0 Å². The fraction of sp³-hybridized carbons (Fsp3) is 0.348. The number of H-pyrrole nitrogens is 2. The molecule has 1 aliphatic rings. The second-order valence-corrected chi connectivity index (χ2v) is 8.19. The summed E-state index contributed by atoms with van der Waals surface area (Å²) in [6.45, 7) is 3.75. The van der Waals surface area contributed by atoms with Crippen molar-refractivity contribution in [3.05, 3.63) is 69.7 Å². The second-order valence-electron chi connectivity index (χ2n) is 8.19. The average molecular weight is 404 g/mol. The highest BCUT2D eigenvalue weighted by atomic mass is 16.5. The maximum absolute atomic E-state index is 12.3. The summed E-state index contributed by atoms with van der Waals surface area (Å²) < 4.78 is 5.37. The van der Waals surface area contributed by atoms with Crippen LogP contribution < -0.4 is 5.69 Å². The first kappa shape index (κ1) is 18.8. The van der Waals surface area contributed by atoms with Crippen LogP contribution >= 0.6 is 0 Å². The number of aryl methyl sites for hydroxylation is 2. The Hall–Kier alpha value is -3.19. The number of aliphatic hydroxyl groups is 1. The molecule has 3 N–H and O–H groups in total. The van der Waals surface area contributed by atoms with Gasteiger partial charge in [-0.05, 0) is 62.4 Å². The average Bonchev–Trinajstić information content (AvgIpc) is 3.47. The van der Waals surface area contributed by atoms with Gasteiger partial charge in [0.1, 0.15) is 11.4 Å². The molecule has 1 fully saturated rings. The second kappa shape index (κ2) is 6.95. The lowest BCUT2D eigenvalue weighted by atomic mass is 9.76. The molecule has 30 heavy (non-hydrogen) atoms. The van der Waals surface area contributed by atoms with Crippen molar-refractivity contribution in [2.45, 2.75) is 45.1 Å². The van der Waals surface area contributed by atoms with Crippen LogP contribution in [-0.4, -0.2) is 25.2 Å². The van der Waals surface area contributed by atoms with Crippen LogP contribution in [0.15, 0.2) is 45.8 Å². The maximum atomic E-state index is 12.3. The molecule has 1 aliphatic carbocycles. The van der Waals surface area contributed by atoms with Crippen LogP contribution in [0.1, 0.15) is 48.4 Å². The number of aromatic amines is 2. The molecule has 0 aliphatic heterocycles. The van der Waals surface area contributed by atoms with E-state index in [0.717, 1.165) is 42.5 Å². The van der Waals surface area contributed by atoms with E-state index in [1.807, 2.05) is 44.2 Å². The number of pyridine rings is 1. The molecular formula is C23H24N4O3. The Balaban J connectivity index is 1.84. The standard InChI is InChI=1S/C23H24N4O3/c1-13-20(14(2)30-27-13)15-11-17(21-18(12-15)25-22(28)26-21)23(29,16-7-3-4-8-16)19-9-5-6-10-24-19/h5-6,9-12,16,29H,3-4,7-8H2,1-2H3,(H2,25,26,28). The van der Waals surface area contributed by atoms with Gasteiger partial charge in [0.25, 0.3) is 0 Å². The SMILES string of the molecule is Cc1noc(C)c1-c1cc(C(O)(c2ccccn2)C2CCCC2)c2[nH]c(=O)[nH]c2c1. The van der Waals surface area contributed by atoms with E-state index in [1.54, 1.807) is 6.20 Å². The summed E-state index contributed by atoms with van der Waals surface area (Å²) >= 11 is 0. The van der Waals surface area contributed by atoms with Gasteiger partial charge in [0, 0.05) is 17.3 Å². The van der Waals surface area contributed by atoms with Gasteiger partial charge in [0.05, 0.1) is 22.4 Å². The number of fused-ring (bicyclic) bond motifs is 1. The molecule has 1 saturated carbocycles. The molecule has 1 aromatic carbocycles. The fourth-order valence-corrected chi connectivity index (χ4v) is 4.98. The number of nitrogens with one attached hydrogen (secondary N) is 2. The zero-order chi connectivity index (χ0) is 20.9. The molecule has 0 radical (unpaired) electrons. The Bertz CT molecular complexity index is 1250. The van der Waals surface area contributed by atoms with Gasteiger partial charge in [-0.25, -0.2) is 4.79 Å². The van der Waals surface area contributed by atoms with Crippen molar-refractivity contribution in [2.24, 2.45) is 5.92 Å². The van der Waals surface area contributed by atoms with Crippen LogP contribution in [0.2, 0.25) is 0 Å². The maximum Gasteiger partial charge on any atom is 0.323 e. The smallest absolute Gasteiger partial charge is 0.323 e. The van der Waals surface area contributed by atoms with Gasteiger partial charge in [0.15, 0.2) is 0 Å². The van der Waals surface area contributed by atoms with Crippen molar-refractivity contribution in [1.82, 2.24) is 20.1 Å². The summed E-state index contributed by atoms with van der Waals surface area (Å²) in [5.74, 6) is 0.701. The number of imidazole rings is 1. The monoisotopic (exact) mass is 404 g/mol. The lowest BCUT2D eigenvalue weighted by Gasteiger charge is -2.34. The third-order valence-corrected chi connectivity index (χ3v) is 6.36. The number of rotatable bonds is 4. The predicted octanol–water partition coefficient (Wildman–Crippen LogP) is 3.95. The van der Waals surface area contributed by atoms with E-state index < -0.39 is 5.60 Å². The topological polar surface area (TPSA) is 108 Å². The van der Waals surface area contributed by atoms with Crippen molar-refractivity contribution >= 4 is 11.0 Å². The van der Waals surface area contributed by atoms with Gasteiger partial charge < -0.3 is 19.6 Å². The molecule has 3 aromatic heterocycles. The van der Waals surface area contributed by atoms with Crippen LogP contribution in [0.3, 0.4) is 0 Å². The van der Waals surface area contributed by atoms with Crippen molar-refractivity contribution in [1.29, 1.82) is 0 Å². The first-order valence-corrected chi connectivity index (χ1v) is 10.3. The molecule has 4 aromatic rings. The van der Waals surface area contributed by atoms with Gasteiger partial charge in [-0.2, -0.15) is 0 Å². The quantitative estimate of drug-likeness (QED) is 0.477. The molecular weight excluding hydrogens is 380 g/mol. The minimum Gasteiger partial charge on any atom is -0.378 e. The third kappa shape index (κ3) is 2.81. The molecule has 3 heterocycles. The van der Waals surface area contributed by atoms with Crippen molar-refractivity contribution in [3.63, 3.8) is 0 Å². The predicted molar refractivity (Wildman–Crippen MR) is 113 cm³/mol. The van der Waals surface area contributed by atoms with Crippen molar-refractivity contribution in [3.8, 4) is 11.1 Å². The minimum absolute atomic E-state index is 0.00826. The molecule has 0 spiro atoms. The van der Waals surface area contributed by atoms with E-state index in [1.165, 1.54) is 0 Å². The van der Waals surface area contributed by atoms with Crippen LogP contribution in [0.4, 0.5) is 0 Å². The fourth-order valence-electron chi connectivity index (χ4n) is 4.98. The Morgan fingerprint density at radius 2 is 1.97 bits per heavy atom. The van der Waals surface area contributed by atoms with Gasteiger partial charge in [-0.15, -0.1) is 0 Å². The summed E-state index contributed by atoms with van der Waals surface area (Å²) in [6, 6.07) is 9.43. The Morgan fingerprint density at radius 3 is 2.63 bits per heavy atom. The molecule has 1 atom stereocenters. The molecule has 0 amide bonds. The zero-order valence-corrected chi connectivity index (χ0v) is 17.0. The molecule has 0 saturated heterocycles. The summed E-state index contributed by atoms with van der Waals surface area (Å²) in [6.07, 6.45) is 5.63. The van der Waals surface area contributed by atoms with E-state index in [4.69, 9.17) is 4.52 Å². The molecule has 1 unspecified atom stereocenters. The van der Waals surface area contributed by atoms with Crippen molar-refractivity contribution in [2.75, 3.05) is 0 Å². The largest absolute Gasteiger partial charge is 0.378 e. The third-order valence-electron chi connectivity index (χ3n) is 6.36. The highest BCUT2D eigenvalue weighted by Crippen LogP contribution is 2.47. The van der Waals surface area contributed by atoms with Gasteiger partial charge in [-0.1, -0.05) is 24.1 Å². The van der Waals surface area contributed by atoms with Crippen molar-refractivity contribution < 1.29 is 9.63 Å². The summed E-state index contributed by atoms with van der Waals surface area (Å²) in [4.78, 5) is 22.5. The number of nitrogens with zero attached hydrogens (tertiary/aromatic N) is 2. The number of hydrogen-bond acceptors (Lipinski definition) is 5. The molecule has 154 valence electrons. The minimum atomic E-state index is -1.32. The van der Waals surface area contributed by atoms with Crippen LogP contribution in [0, 0.1) is 19.8 Å². The first-order valence-electron chi connectivity index (χ1n) is 10.3. The number of aromatic nitrogens is 4. The number of hydrogen-bond donors (Lipinski definition) is 3. The van der Waals surface area contributed by atoms with Crippen LogP contribution in [-0.2, 0) is 5.60 Å². The molecule has 7 nitrogen and oxygen atoms in total. The number of benzene rings is 1. The molecule has 5 rings (SSSR count). The van der Waals surface area contributed by atoms with E-state index in [9.17, 15) is 9.90 Å². The summed E-state index contributed by atoms with van der Waals surface area (Å²) in [5.41, 5.74) is 3.34. The van der Waals surface area contributed by atoms with Crippen LogP contribution in [0.25, 0.3) is 22.2 Å². The Labute approximate surface area is 173 Å². The first-order chi connectivity index (χ1) is 14.5. The normalized spacial score (nSPS) is 16.9. The van der Waals surface area contributed by atoms with E-state index in [2.05, 4.69) is 20.1 Å². The highest BCUT2D eigenvalue weighted by molar-refractivity contribution is 5.87. The lowest BCUT2D eigenvalue weighted by molar-refractivity contribution is 0.0160. The molecule has 7 heteroatoms. The molecule has 0 bridgehead atoms. The highest BCUT2D eigenvalue weighted by Gasteiger charge is 2.44. The van der Waals surface area contributed by atoms with E-state index in [-0.39, 0.29) is 11.6 Å². The Morgan fingerprint density at radius 1 is 1.17 bits per heavy atom. The van der Waals surface area contributed by atoms with Crippen LogP contribution in [0.5, 0.6) is 0 Å². The van der Waals surface area contributed by atoms with E-state index in [0.29, 0.717) is 28.1 Å². The lowest BCUT2D eigenvalue weighted by Crippen LogP contribution is -2.36. The Kier molecular flexibility index (Phi) is 4.36.